The van der Waals surface area contributed by atoms with E-state index in [0.29, 0.717) is 12.8 Å². The van der Waals surface area contributed by atoms with Crippen LogP contribution >= 0.6 is 7.75 Å². The second kappa shape index (κ2) is 11.5. The highest BCUT2D eigenvalue weighted by molar-refractivity contribution is 7.52. The van der Waals surface area contributed by atoms with Gasteiger partial charge in [-0.2, -0.15) is 5.09 Å². The third-order valence-corrected chi connectivity index (χ3v) is 8.62. The summed E-state index contributed by atoms with van der Waals surface area (Å²) >= 11 is 0. The van der Waals surface area contributed by atoms with Crippen LogP contribution in [0, 0.1) is 5.41 Å². The maximum atomic E-state index is 13.9. The number of ether oxygens (including phenoxy) is 2. The molecule has 0 bridgehead atoms. The molecule has 13 heteroatoms. The second-order valence-electron chi connectivity index (χ2n) is 9.86. The maximum absolute atomic E-state index is 13.9. The van der Waals surface area contributed by atoms with Gasteiger partial charge in [0.1, 0.15) is 30.7 Å². The van der Waals surface area contributed by atoms with Crippen LogP contribution < -0.4 is 20.9 Å². The molecule has 12 nitrogen and oxygen atoms in total. The van der Waals surface area contributed by atoms with Crippen molar-refractivity contribution in [2.24, 2.45) is 5.41 Å². The molecule has 3 aromatic rings. The second-order valence-corrected chi connectivity index (χ2v) is 11.6. The number of nitrogens with zero attached hydrogens (tertiary/aromatic N) is 1. The van der Waals surface area contributed by atoms with Crippen LogP contribution in [-0.4, -0.2) is 45.5 Å². The number of hydrogen-bond acceptors (Lipinski definition) is 9. The molecule has 2 aliphatic rings. The lowest BCUT2D eigenvalue weighted by Crippen LogP contribution is -2.37. The van der Waals surface area contributed by atoms with Gasteiger partial charge >= 0.3 is 19.4 Å². The zero-order valence-corrected chi connectivity index (χ0v) is 22.6. The van der Waals surface area contributed by atoms with Gasteiger partial charge in [0.25, 0.3) is 5.56 Å². The Hall–Kier alpha value is -3.54. The summed E-state index contributed by atoms with van der Waals surface area (Å²) in [5, 5.41) is 13.7. The summed E-state index contributed by atoms with van der Waals surface area (Å²) in [4.78, 5) is 38.8. The first-order valence-electron chi connectivity index (χ1n) is 12.8. The SMILES string of the molecule is CC(NP(=O)(OCC1OC(n2ccc(=O)[nH]c2=O)C2(CC2)C1O)Oc1ccccc1)C(=O)OCc1ccccc1. The van der Waals surface area contributed by atoms with E-state index in [4.69, 9.17) is 18.5 Å². The minimum absolute atomic E-state index is 0.0338. The Morgan fingerprint density at radius 2 is 1.82 bits per heavy atom. The number of para-hydroxylation sites is 1. The van der Waals surface area contributed by atoms with E-state index >= 15 is 0 Å². The zero-order chi connectivity index (χ0) is 28.3. The molecule has 3 N–H and O–H groups in total. The number of nitrogens with one attached hydrogen (secondary N) is 2. The largest absolute Gasteiger partial charge is 0.460 e. The number of aromatic nitrogens is 2. The number of aliphatic hydroxyl groups is 1. The van der Waals surface area contributed by atoms with Crippen LogP contribution in [0.1, 0.15) is 31.6 Å². The molecule has 2 aromatic carbocycles. The lowest BCUT2D eigenvalue weighted by atomic mass is 9.96. The fourth-order valence-electron chi connectivity index (χ4n) is 4.69. The van der Waals surface area contributed by atoms with Crippen LogP contribution in [0.5, 0.6) is 5.75 Å². The van der Waals surface area contributed by atoms with Gasteiger partial charge in [-0.1, -0.05) is 48.5 Å². The van der Waals surface area contributed by atoms with Gasteiger partial charge in [-0.3, -0.25) is 23.7 Å². The normalized spacial score (nSPS) is 23.3. The summed E-state index contributed by atoms with van der Waals surface area (Å²) in [6.45, 7) is 1.13. The molecule has 1 aromatic heterocycles. The molecule has 2 fully saturated rings. The average molecular weight is 572 g/mol. The predicted molar refractivity (Wildman–Crippen MR) is 142 cm³/mol. The first-order valence-corrected chi connectivity index (χ1v) is 14.4. The highest BCUT2D eigenvalue weighted by Crippen LogP contribution is 2.62. The predicted octanol–water partition coefficient (Wildman–Crippen LogP) is 2.50. The Morgan fingerprint density at radius 1 is 1.15 bits per heavy atom. The van der Waals surface area contributed by atoms with Crippen molar-refractivity contribution in [3.8, 4) is 5.75 Å². The van der Waals surface area contributed by atoms with Crippen molar-refractivity contribution in [3.05, 3.63) is 99.3 Å². The number of carbonyl (C=O) groups excluding carboxylic acids is 1. The quantitative estimate of drug-likeness (QED) is 0.231. The number of carbonyl (C=O) groups is 1. The van der Waals surface area contributed by atoms with E-state index in [9.17, 15) is 24.1 Å². The van der Waals surface area contributed by atoms with Gasteiger partial charge in [-0.05, 0) is 37.5 Å². The van der Waals surface area contributed by atoms with Crippen LogP contribution in [0.3, 0.4) is 0 Å². The molecule has 1 aliphatic heterocycles. The molecule has 1 aliphatic carbocycles. The highest BCUT2D eigenvalue weighted by Gasteiger charge is 2.64. The van der Waals surface area contributed by atoms with E-state index in [-0.39, 0.29) is 19.0 Å². The van der Waals surface area contributed by atoms with Gasteiger partial charge in [0.2, 0.25) is 0 Å². The molecule has 212 valence electrons. The van der Waals surface area contributed by atoms with Gasteiger partial charge in [-0.15, -0.1) is 0 Å². The van der Waals surface area contributed by atoms with Crippen LogP contribution in [-0.2, 0) is 30.0 Å². The van der Waals surface area contributed by atoms with Crippen LogP contribution in [0.15, 0.2) is 82.5 Å². The number of hydrogen-bond donors (Lipinski definition) is 3. The molecular weight excluding hydrogens is 541 g/mol. The molecule has 40 heavy (non-hydrogen) atoms. The summed E-state index contributed by atoms with van der Waals surface area (Å²) in [7, 11) is -4.21. The molecule has 0 radical (unpaired) electrons. The van der Waals surface area contributed by atoms with Crippen molar-refractivity contribution in [1.82, 2.24) is 14.6 Å². The Kier molecular flexibility index (Phi) is 8.07. The number of rotatable bonds is 11. The van der Waals surface area contributed by atoms with Crippen molar-refractivity contribution in [2.45, 2.75) is 50.8 Å². The molecule has 1 spiro atoms. The Morgan fingerprint density at radius 3 is 2.48 bits per heavy atom. The molecule has 5 unspecified atom stereocenters. The van der Waals surface area contributed by atoms with E-state index in [1.807, 2.05) is 30.3 Å². The van der Waals surface area contributed by atoms with Gasteiger partial charge in [0, 0.05) is 17.7 Å². The third kappa shape index (κ3) is 6.11. The highest BCUT2D eigenvalue weighted by atomic mass is 31.2. The Bertz CT molecular complexity index is 1490. The van der Waals surface area contributed by atoms with E-state index in [1.165, 1.54) is 23.8 Å². The van der Waals surface area contributed by atoms with Gasteiger partial charge in [-0.25, -0.2) is 9.36 Å². The van der Waals surface area contributed by atoms with Crippen molar-refractivity contribution in [2.75, 3.05) is 6.61 Å². The van der Waals surface area contributed by atoms with E-state index < -0.39 is 54.9 Å². The third-order valence-electron chi connectivity index (χ3n) is 6.97. The molecule has 2 heterocycles. The minimum atomic E-state index is -4.21. The fourth-order valence-corrected chi connectivity index (χ4v) is 6.19. The average Bonchev–Trinajstić information content (AvgIpc) is 3.70. The number of benzene rings is 2. The summed E-state index contributed by atoms with van der Waals surface area (Å²) in [6, 6.07) is 17.5. The molecule has 0 amide bonds. The summed E-state index contributed by atoms with van der Waals surface area (Å²) < 4.78 is 37.8. The summed E-state index contributed by atoms with van der Waals surface area (Å²) in [5.41, 5.74) is -1.17. The van der Waals surface area contributed by atoms with Gasteiger partial charge in [0.15, 0.2) is 0 Å². The van der Waals surface area contributed by atoms with Gasteiger partial charge in [0.05, 0.1) is 12.7 Å². The van der Waals surface area contributed by atoms with Crippen molar-refractivity contribution in [3.63, 3.8) is 0 Å². The van der Waals surface area contributed by atoms with Gasteiger partial charge < -0.3 is 19.1 Å². The number of H-pyrrole nitrogens is 1. The topological polar surface area (TPSA) is 158 Å². The first kappa shape index (κ1) is 28.0. The number of aromatic amines is 1. The smallest absolute Gasteiger partial charge is 0.459 e. The van der Waals surface area contributed by atoms with Crippen molar-refractivity contribution < 1.29 is 33.0 Å². The number of aliphatic hydroxyl groups excluding tert-OH is 1. The summed E-state index contributed by atoms with van der Waals surface area (Å²) in [6.07, 6.45) is -0.385. The minimum Gasteiger partial charge on any atom is -0.460 e. The lowest BCUT2D eigenvalue weighted by molar-refractivity contribution is -0.146. The summed E-state index contributed by atoms with van der Waals surface area (Å²) in [5.74, 6) is -0.441. The van der Waals surface area contributed by atoms with E-state index in [2.05, 4.69) is 10.1 Å². The molecule has 5 rings (SSSR count). The standard InChI is InChI=1S/C27H30N3O9P/c1-18(24(33)36-16-19-8-4-2-5-9-19)29-40(35,39-20-10-6-3-7-11-20)37-17-21-23(32)27(13-14-27)25(38-21)30-15-12-22(31)28-26(30)34/h2-12,15,18,21,23,25,32H,13-14,16-17H2,1H3,(H,29,35)(H,28,31,34). The number of esters is 1. The maximum Gasteiger partial charge on any atom is 0.459 e. The van der Waals surface area contributed by atoms with Crippen LogP contribution in [0.4, 0.5) is 0 Å². The molecule has 1 saturated heterocycles. The first-order chi connectivity index (χ1) is 19.2. The molecular formula is C27H30N3O9P. The Labute approximate surface area is 229 Å². The van der Waals surface area contributed by atoms with E-state index in [1.54, 1.807) is 30.3 Å². The van der Waals surface area contributed by atoms with Crippen molar-refractivity contribution >= 4 is 13.7 Å². The molecule has 1 saturated carbocycles. The van der Waals surface area contributed by atoms with Crippen molar-refractivity contribution in [1.29, 1.82) is 0 Å². The fraction of sp³-hybridized carbons (Fsp3) is 0.370. The van der Waals surface area contributed by atoms with Crippen LogP contribution in [0.25, 0.3) is 0 Å². The zero-order valence-electron chi connectivity index (χ0n) is 21.7. The van der Waals surface area contributed by atoms with E-state index in [0.717, 1.165) is 5.56 Å². The van der Waals surface area contributed by atoms with Crippen LogP contribution in [0.2, 0.25) is 0 Å². The Balaban J connectivity index is 1.29. The lowest BCUT2D eigenvalue weighted by Gasteiger charge is -2.24. The molecule has 5 atom stereocenters. The monoisotopic (exact) mass is 571 g/mol.